The molecular weight excluding hydrogens is 480 g/mol. The van der Waals surface area contributed by atoms with Gasteiger partial charge in [0.15, 0.2) is 0 Å². The number of aromatic nitrogens is 4. The van der Waals surface area contributed by atoms with E-state index in [0.29, 0.717) is 33.3 Å². The van der Waals surface area contributed by atoms with Gasteiger partial charge in [-0.2, -0.15) is 0 Å². The Balaban J connectivity index is 1.54. The molecule has 12 heteroatoms. The lowest BCUT2D eigenvalue weighted by molar-refractivity contribution is 0.102. The summed E-state index contributed by atoms with van der Waals surface area (Å²) in [5.41, 5.74) is 2.51. The summed E-state index contributed by atoms with van der Waals surface area (Å²) in [6.07, 6.45) is 4.08. The SMILES string of the molecule is COc1ccccc1-c1cc(/C=N/O)ncc1C(=O)Nc1nnc(OCc2ccc(Cl)cn2)s1. The number of ether oxygens (including phenoxy) is 2. The van der Waals surface area contributed by atoms with Crippen molar-refractivity contribution in [2.24, 2.45) is 5.16 Å². The van der Waals surface area contributed by atoms with Gasteiger partial charge in [-0.15, -0.1) is 5.10 Å². The lowest BCUT2D eigenvalue weighted by atomic mass is 9.99. The molecule has 3 aromatic heterocycles. The van der Waals surface area contributed by atoms with E-state index in [9.17, 15) is 4.79 Å². The molecule has 0 aliphatic heterocycles. The van der Waals surface area contributed by atoms with E-state index < -0.39 is 5.91 Å². The highest BCUT2D eigenvalue weighted by molar-refractivity contribution is 7.17. The van der Waals surface area contributed by atoms with Gasteiger partial charge in [0, 0.05) is 23.5 Å². The first-order valence-electron chi connectivity index (χ1n) is 9.76. The number of hydrogen-bond donors (Lipinski definition) is 2. The number of rotatable bonds is 8. The third-order valence-electron chi connectivity index (χ3n) is 4.52. The Morgan fingerprint density at radius 3 is 2.79 bits per heavy atom. The largest absolute Gasteiger partial charge is 0.496 e. The molecule has 0 atom stereocenters. The second-order valence-corrected chi connectivity index (χ2v) is 8.06. The minimum absolute atomic E-state index is 0.176. The van der Waals surface area contributed by atoms with Gasteiger partial charge in [0.25, 0.3) is 11.1 Å². The van der Waals surface area contributed by atoms with Crippen LogP contribution in [0, 0.1) is 0 Å². The monoisotopic (exact) mass is 496 g/mol. The number of hydrogen-bond acceptors (Lipinski definition) is 10. The van der Waals surface area contributed by atoms with E-state index in [-0.39, 0.29) is 22.5 Å². The minimum Gasteiger partial charge on any atom is -0.496 e. The van der Waals surface area contributed by atoms with Crippen molar-refractivity contribution >= 4 is 40.2 Å². The molecule has 10 nitrogen and oxygen atoms in total. The molecule has 0 radical (unpaired) electrons. The molecule has 2 N–H and O–H groups in total. The first-order valence-corrected chi connectivity index (χ1v) is 11.0. The maximum atomic E-state index is 13.1. The summed E-state index contributed by atoms with van der Waals surface area (Å²) < 4.78 is 11.0. The molecule has 0 bridgehead atoms. The number of para-hydroxylation sites is 1. The maximum absolute atomic E-state index is 13.1. The van der Waals surface area contributed by atoms with Crippen LogP contribution in [0.5, 0.6) is 10.9 Å². The Morgan fingerprint density at radius 2 is 2.03 bits per heavy atom. The van der Waals surface area contributed by atoms with Crippen molar-refractivity contribution in [3.8, 4) is 22.1 Å². The maximum Gasteiger partial charge on any atom is 0.296 e. The summed E-state index contributed by atoms with van der Waals surface area (Å²) in [5, 5.41) is 23.5. The zero-order chi connectivity index (χ0) is 23.9. The van der Waals surface area contributed by atoms with Gasteiger partial charge in [-0.05, 0) is 35.6 Å². The summed E-state index contributed by atoms with van der Waals surface area (Å²) in [4.78, 5) is 21.4. The van der Waals surface area contributed by atoms with Crippen LogP contribution in [0.15, 0.2) is 60.0 Å². The van der Waals surface area contributed by atoms with Gasteiger partial charge in [-0.3, -0.25) is 20.1 Å². The summed E-state index contributed by atoms with van der Waals surface area (Å²) in [6.45, 7) is 0.176. The van der Waals surface area contributed by atoms with Crippen LogP contribution >= 0.6 is 22.9 Å². The van der Waals surface area contributed by atoms with Crippen LogP contribution in [0.4, 0.5) is 5.13 Å². The molecule has 0 saturated heterocycles. The van der Waals surface area contributed by atoms with E-state index in [1.54, 1.807) is 24.3 Å². The van der Waals surface area contributed by atoms with Crippen molar-refractivity contribution in [1.82, 2.24) is 20.2 Å². The molecular formula is C22H17ClN6O4S. The number of anilines is 1. The molecule has 0 spiro atoms. The fourth-order valence-corrected chi connectivity index (χ4v) is 3.68. The highest BCUT2D eigenvalue weighted by atomic mass is 35.5. The number of pyridine rings is 2. The zero-order valence-electron chi connectivity index (χ0n) is 17.7. The van der Waals surface area contributed by atoms with E-state index in [1.807, 2.05) is 18.2 Å². The van der Waals surface area contributed by atoms with Crippen LogP contribution in [0.1, 0.15) is 21.7 Å². The average molecular weight is 497 g/mol. The molecule has 0 saturated carbocycles. The summed E-state index contributed by atoms with van der Waals surface area (Å²) in [7, 11) is 1.54. The van der Waals surface area contributed by atoms with Gasteiger partial charge in [0.1, 0.15) is 12.4 Å². The number of nitrogens with zero attached hydrogens (tertiary/aromatic N) is 5. The molecule has 1 aromatic carbocycles. The van der Waals surface area contributed by atoms with E-state index in [4.69, 9.17) is 26.3 Å². The fourth-order valence-electron chi connectivity index (χ4n) is 2.98. The highest BCUT2D eigenvalue weighted by Gasteiger charge is 2.19. The Bertz CT molecular complexity index is 1330. The van der Waals surface area contributed by atoms with Gasteiger partial charge < -0.3 is 14.7 Å². The topological polar surface area (TPSA) is 132 Å². The van der Waals surface area contributed by atoms with Gasteiger partial charge in [0.05, 0.1) is 35.3 Å². The molecule has 172 valence electrons. The number of nitrogens with one attached hydrogen (secondary N) is 1. The predicted molar refractivity (Wildman–Crippen MR) is 127 cm³/mol. The highest BCUT2D eigenvalue weighted by Crippen LogP contribution is 2.33. The molecule has 1 amide bonds. The van der Waals surface area contributed by atoms with Crippen LogP contribution in [0.25, 0.3) is 11.1 Å². The van der Waals surface area contributed by atoms with Crippen LogP contribution in [0.2, 0.25) is 5.02 Å². The van der Waals surface area contributed by atoms with E-state index in [1.165, 1.54) is 25.7 Å². The normalized spacial score (nSPS) is 10.9. The molecule has 4 aromatic rings. The predicted octanol–water partition coefficient (Wildman–Crippen LogP) is 4.30. The minimum atomic E-state index is -0.456. The standard InChI is InChI=1S/C22H17ClN6O4S/c1-32-19-5-3-2-4-16(19)17-8-15(10-26-31)25-11-18(17)20(30)27-21-28-29-22(34-21)33-12-14-7-6-13(23)9-24-14/h2-11,31H,12H2,1H3,(H,27,28,30)/b26-10+. The number of amides is 1. The summed E-state index contributed by atoms with van der Waals surface area (Å²) >= 11 is 6.90. The summed E-state index contributed by atoms with van der Waals surface area (Å²) in [6, 6.07) is 12.3. The van der Waals surface area contributed by atoms with Gasteiger partial charge >= 0.3 is 0 Å². The molecule has 0 unspecified atom stereocenters. The lowest BCUT2D eigenvalue weighted by Crippen LogP contribution is -2.14. The average Bonchev–Trinajstić information content (AvgIpc) is 3.31. The Hall–Kier alpha value is -4.09. The first-order chi connectivity index (χ1) is 16.6. The molecule has 4 rings (SSSR count). The third-order valence-corrected chi connectivity index (χ3v) is 5.49. The van der Waals surface area contributed by atoms with Crippen LogP contribution in [-0.4, -0.2) is 44.6 Å². The lowest BCUT2D eigenvalue weighted by Gasteiger charge is -2.13. The van der Waals surface area contributed by atoms with Crippen molar-refractivity contribution < 1.29 is 19.5 Å². The van der Waals surface area contributed by atoms with Gasteiger partial charge in [-0.1, -0.05) is 40.1 Å². The number of methoxy groups -OCH3 is 1. The first kappa shape index (κ1) is 23.1. The second kappa shape index (κ2) is 10.7. The van der Waals surface area contributed by atoms with Crippen molar-refractivity contribution in [3.05, 3.63) is 76.8 Å². The van der Waals surface area contributed by atoms with Crippen molar-refractivity contribution in [2.75, 3.05) is 12.4 Å². The van der Waals surface area contributed by atoms with Crippen molar-refractivity contribution in [2.45, 2.75) is 6.61 Å². The number of benzene rings is 1. The van der Waals surface area contributed by atoms with E-state index in [2.05, 4.69) is 30.6 Å². The fraction of sp³-hybridized carbons (Fsp3) is 0.0909. The Kier molecular flexibility index (Phi) is 7.25. The van der Waals surface area contributed by atoms with Crippen molar-refractivity contribution in [3.63, 3.8) is 0 Å². The Labute approximate surface area is 202 Å². The molecule has 34 heavy (non-hydrogen) atoms. The van der Waals surface area contributed by atoms with Crippen LogP contribution in [-0.2, 0) is 6.61 Å². The second-order valence-electron chi connectivity index (χ2n) is 6.68. The molecule has 0 aliphatic rings. The molecule has 0 aliphatic carbocycles. The molecule has 3 heterocycles. The van der Waals surface area contributed by atoms with Gasteiger partial charge in [-0.25, -0.2) is 0 Å². The zero-order valence-corrected chi connectivity index (χ0v) is 19.2. The number of halogens is 1. The quantitative estimate of drug-likeness (QED) is 0.210. The van der Waals surface area contributed by atoms with Gasteiger partial charge in [0.2, 0.25) is 5.13 Å². The number of carbonyl (C=O) groups is 1. The molecule has 0 fully saturated rings. The van der Waals surface area contributed by atoms with Crippen molar-refractivity contribution in [1.29, 1.82) is 0 Å². The third kappa shape index (κ3) is 5.45. The summed E-state index contributed by atoms with van der Waals surface area (Å²) in [5.74, 6) is 0.111. The van der Waals surface area contributed by atoms with Crippen LogP contribution < -0.4 is 14.8 Å². The number of oxime groups is 1. The smallest absolute Gasteiger partial charge is 0.296 e. The Morgan fingerprint density at radius 1 is 1.18 bits per heavy atom. The number of carbonyl (C=O) groups excluding carboxylic acids is 1. The van der Waals surface area contributed by atoms with Crippen LogP contribution in [0.3, 0.4) is 0 Å². The van der Waals surface area contributed by atoms with E-state index >= 15 is 0 Å². The van der Waals surface area contributed by atoms with E-state index in [0.717, 1.165) is 11.3 Å².